The lowest BCUT2D eigenvalue weighted by Crippen LogP contribution is -1.98. The van der Waals surface area contributed by atoms with E-state index in [2.05, 4.69) is 5.10 Å². The minimum atomic E-state index is -0.925. The molecule has 0 amide bonds. The van der Waals surface area contributed by atoms with Gasteiger partial charge in [-0.05, 0) is 19.9 Å². The van der Waals surface area contributed by atoms with E-state index in [0.717, 1.165) is 5.69 Å². The van der Waals surface area contributed by atoms with Gasteiger partial charge in [-0.15, -0.1) is 0 Å². The number of nitrogens with zero attached hydrogens (tertiary/aromatic N) is 2. The van der Waals surface area contributed by atoms with Gasteiger partial charge in [-0.3, -0.25) is 4.68 Å². The second-order valence-electron chi connectivity index (χ2n) is 2.45. The number of hydrogen-bond donors (Lipinski definition) is 0. The lowest BCUT2D eigenvalue weighted by Gasteiger charge is -1.99. The Hall–Kier alpha value is -0.860. The minimum Gasteiger partial charge on any atom is -0.269 e. The Kier molecular flexibility index (Phi) is 1.74. The summed E-state index contributed by atoms with van der Waals surface area (Å²) in [6.45, 7) is 3.36. The van der Waals surface area contributed by atoms with Crippen LogP contribution in [0.5, 0.6) is 0 Å². The smallest absolute Gasteiger partial charge is 0.139 e. The van der Waals surface area contributed by atoms with Gasteiger partial charge in [0.05, 0.1) is 11.4 Å². The van der Waals surface area contributed by atoms with Crippen LogP contribution in [-0.2, 0) is 7.05 Å². The van der Waals surface area contributed by atoms with Gasteiger partial charge >= 0.3 is 0 Å². The predicted molar refractivity (Wildman–Crippen MR) is 37.5 cm³/mol. The fourth-order valence-electron chi connectivity index (χ4n) is 1.00. The zero-order chi connectivity index (χ0) is 7.72. The van der Waals surface area contributed by atoms with Crippen molar-refractivity contribution in [1.29, 1.82) is 0 Å². The maximum Gasteiger partial charge on any atom is 0.139 e. The molecule has 10 heavy (non-hydrogen) atoms. The Labute approximate surface area is 59.7 Å². The number of rotatable bonds is 1. The van der Waals surface area contributed by atoms with Crippen molar-refractivity contribution in [3.8, 4) is 0 Å². The van der Waals surface area contributed by atoms with Crippen molar-refractivity contribution in [2.24, 2.45) is 7.05 Å². The molecule has 0 fully saturated rings. The standard InChI is InChI=1S/C7H11FN2/c1-5-4-7(6(2)8)10(3)9-5/h4,6H,1-3H3. The molecular formula is C7H11FN2. The highest BCUT2D eigenvalue weighted by molar-refractivity contribution is 5.10. The molecule has 1 atom stereocenters. The van der Waals surface area contributed by atoms with Crippen LogP contribution in [0, 0.1) is 6.92 Å². The number of alkyl halides is 1. The fraction of sp³-hybridized carbons (Fsp3) is 0.571. The highest BCUT2D eigenvalue weighted by Gasteiger charge is 2.07. The van der Waals surface area contributed by atoms with Crippen LogP contribution in [0.2, 0.25) is 0 Å². The van der Waals surface area contributed by atoms with Crippen molar-refractivity contribution < 1.29 is 4.39 Å². The first kappa shape index (κ1) is 7.25. The van der Waals surface area contributed by atoms with E-state index in [4.69, 9.17) is 0 Å². The van der Waals surface area contributed by atoms with Crippen molar-refractivity contribution in [2.75, 3.05) is 0 Å². The first-order chi connectivity index (χ1) is 4.61. The molecule has 2 nitrogen and oxygen atoms in total. The molecule has 0 radical (unpaired) electrons. The fourth-order valence-corrected chi connectivity index (χ4v) is 1.00. The van der Waals surface area contributed by atoms with E-state index in [0.29, 0.717) is 5.69 Å². The summed E-state index contributed by atoms with van der Waals surface area (Å²) in [5.41, 5.74) is 1.50. The van der Waals surface area contributed by atoms with E-state index in [1.165, 1.54) is 6.92 Å². The normalized spacial score (nSPS) is 13.6. The quantitative estimate of drug-likeness (QED) is 0.584. The summed E-state index contributed by atoms with van der Waals surface area (Å²) >= 11 is 0. The maximum absolute atomic E-state index is 12.6. The zero-order valence-electron chi connectivity index (χ0n) is 6.43. The third-order valence-electron chi connectivity index (χ3n) is 1.45. The van der Waals surface area contributed by atoms with E-state index in [9.17, 15) is 4.39 Å². The molecule has 0 aliphatic rings. The lowest BCUT2D eigenvalue weighted by molar-refractivity contribution is 0.353. The molecule has 1 heterocycles. The molecule has 0 saturated heterocycles. The summed E-state index contributed by atoms with van der Waals surface area (Å²) in [5, 5.41) is 4.01. The Bertz CT molecular complexity index is 228. The summed E-state index contributed by atoms with van der Waals surface area (Å²) in [6.07, 6.45) is -0.925. The van der Waals surface area contributed by atoms with Crippen molar-refractivity contribution in [2.45, 2.75) is 20.0 Å². The second-order valence-corrected chi connectivity index (χ2v) is 2.45. The van der Waals surface area contributed by atoms with E-state index < -0.39 is 6.17 Å². The molecule has 0 aliphatic carbocycles. The van der Waals surface area contributed by atoms with Crippen LogP contribution < -0.4 is 0 Å². The molecule has 0 spiro atoms. The van der Waals surface area contributed by atoms with Gasteiger partial charge in [-0.25, -0.2) is 4.39 Å². The number of halogens is 1. The molecule has 1 aromatic rings. The summed E-state index contributed by atoms with van der Waals surface area (Å²) in [7, 11) is 1.75. The monoisotopic (exact) mass is 142 g/mol. The first-order valence-corrected chi connectivity index (χ1v) is 3.26. The predicted octanol–water partition coefficient (Wildman–Crippen LogP) is 1.76. The van der Waals surface area contributed by atoms with Crippen molar-refractivity contribution in [1.82, 2.24) is 9.78 Å². The molecular weight excluding hydrogens is 131 g/mol. The second kappa shape index (κ2) is 2.40. The highest BCUT2D eigenvalue weighted by atomic mass is 19.1. The number of aryl methyl sites for hydroxylation is 2. The van der Waals surface area contributed by atoms with Gasteiger partial charge < -0.3 is 0 Å². The van der Waals surface area contributed by atoms with Gasteiger partial charge in [0.15, 0.2) is 0 Å². The summed E-state index contributed by atoms with van der Waals surface area (Å²) < 4.78 is 14.2. The van der Waals surface area contributed by atoms with Crippen molar-refractivity contribution in [3.05, 3.63) is 17.5 Å². The molecule has 3 heteroatoms. The SMILES string of the molecule is Cc1cc(C(C)F)n(C)n1. The molecule has 0 aromatic carbocycles. The van der Waals surface area contributed by atoms with Gasteiger partial charge in [0.1, 0.15) is 6.17 Å². The van der Waals surface area contributed by atoms with Gasteiger partial charge in [-0.2, -0.15) is 5.10 Å². The van der Waals surface area contributed by atoms with Crippen LogP contribution in [0.1, 0.15) is 24.5 Å². The van der Waals surface area contributed by atoms with Gasteiger partial charge in [-0.1, -0.05) is 0 Å². The average Bonchev–Trinajstić information content (AvgIpc) is 2.10. The molecule has 0 saturated carbocycles. The first-order valence-electron chi connectivity index (χ1n) is 3.26. The molecule has 1 rings (SSSR count). The Morgan fingerprint density at radius 1 is 1.70 bits per heavy atom. The van der Waals surface area contributed by atoms with E-state index in [1.807, 2.05) is 6.92 Å². The molecule has 56 valence electrons. The van der Waals surface area contributed by atoms with Crippen LogP contribution >= 0.6 is 0 Å². The largest absolute Gasteiger partial charge is 0.269 e. The summed E-state index contributed by atoms with van der Waals surface area (Å²) in [5.74, 6) is 0. The number of aromatic nitrogens is 2. The third kappa shape index (κ3) is 1.17. The van der Waals surface area contributed by atoms with E-state index in [-0.39, 0.29) is 0 Å². The van der Waals surface area contributed by atoms with Crippen LogP contribution in [0.3, 0.4) is 0 Å². The van der Waals surface area contributed by atoms with E-state index in [1.54, 1.807) is 17.8 Å². The summed E-state index contributed by atoms with van der Waals surface area (Å²) in [6, 6.07) is 1.75. The lowest BCUT2D eigenvalue weighted by atomic mass is 10.3. The molecule has 1 unspecified atom stereocenters. The summed E-state index contributed by atoms with van der Waals surface area (Å²) in [4.78, 5) is 0. The maximum atomic E-state index is 12.6. The Morgan fingerprint density at radius 2 is 2.30 bits per heavy atom. The van der Waals surface area contributed by atoms with Crippen molar-refractivity contribution in [3.63, 3.8) is 0 Å². The van der Waals surface area contributed by atoms with Crippen molar-refractivity contribution >= 4 is 0 Å². The Morgan fingerprint density at radius 3 is 2.50 bits per heavy atom. The average molecular weight is 142 g/mol. The van der Waals surface area contributed by atoms with Crippen LogP contribution in [-0.4, -0.2) is 9.78 Å². The molecule has 0 N–H and O–H groups in total. The third-order valence-corrected chi connectivity index (χ3v) is 1.45. The zero-order valence-corrected chi connectivity index (χ0v) is 6.43. The Balaban J connectivity index is 3.03. The minimum absolute atomic E-state index is 0.637. The highest BCUT2D eigenvalue weighted by Crippen LogP contribution is 2.15. The van der Waals surface area contributed by atoms with Gasteiger partial charge in [0.2, 0.25) is 0 Å². The molecule has 1 aromatic heterocycles. The van der Waals surface area contributed by atoms with Gasteiger partial charge in [0, 0.05) is 7.05 Å². The number of hydrogen-bond acceptors (Lipinski definition) is 1. The topological polar surface area (TPSA) is 17.8 Å². The van der Waals surface area contributed by atoms with Crippen LogP contribution in [0.4, 0.5) is 4.39 Å². The van der Waals surface area contributed by atoms with Crippen LogP contribution in [0.25, 0.3) is 0 Å². The molecule has 0 bridgehead atoms. The van der Waals surface area contributed by atoms with Gasteiger partial charge in [0.25, 0.3) is 0 Å². The van der Waals surface area contributed by atoms with Crippen LogP contribution in [0.15, 0.2) is 6.07 Å². The molecule has 0 aliphatic heterocycles. The van der Waals surface area contributed by atoms with E-state index >= 15 is 0 Å².